The molecule has 0 aliphatic rings. The van der Waals surface area contributed by atoms with E-state index in [-0.39, 0.29) is 11.5 Å². The lowest BCUT2D eigenvalue weighted by Crippen LogP contribution is -2.09. The Labute approximate surface area is 142 Å². The number of anilines is 2. The van der Waals surface area contributed by atoms with Gasteiger partial charge in [0.2, 0.25) is 5.95 Å². The van der Waals surface area contributed by atoms with Gasteiger partial charge in [0.25, 0.3) is 0 Å². The first-order valence-corrected chi connectivity index (χ1v) is 7.14. The van der Waals surface area contributed by atoms with Crippen molar-refractivity contribution in [3.8, 4) is 0 Å². The summed E-state index contributed by atoms with van der Waals surface area (Å²) < 4.78 is 42.9. The van der Waals surface area contributed by atoms with Crippen molar-refractivity contribution in [2.45, 2.75) is 6.18 Å². The predicted octanol–water partition coefficient (Wildman–Crippen LogP) is 4.44. The second-order valence-electron chi connectivity index (χ2n) is 4.21. The minimum atomic E-state index is -4.63. The van der Waals surface area contributed by atoms with Gasteiger partial charge in [-0.05, 0) is 34.1 Å². The number of nitrogens with one attached hydrogen (secondary N) is 1. The van der Waals surface area contributed by atoms with Crippen LogP contribution in [0.2, 0.25) is 5.15 Å². The SMILES string of the molecule is COC(=O)c1cc(Nc2ncc(C(F)(F)F)c(Cl)n2)ccc1Br. The Balaban J connectivity index is 2.30. The second kappa shape index (κ2) is 6.71. The smallest absolute Gasteiger partial charge is 0.420 e. The molecular formula is C13H8BrClF3N3O2. The van der Waals surface area contributed by atoms with E-state index in [2.05, 4.69) is 36.0 Å². The Morgan fingerprint density at radius 1 is 1.39 bits per heavy atom. The third kappa shape index (κ3) is 4.11. The molecule has 23 heavy (non-hydrogen) atoms. The van der Waals surface area contributed by atoms with Gasteiger partial charge in [0.15, 0.2) is 0 Å². The minimum absolute atomic E-state index is 0.138. The summed E-state index contributed by atoms with van der Waals surface area (Å²) in [5, 5.41) is 1.95. The molecule has 1 heterocycles. The van der Waals surface area contributed by atoms with Crippen LogP contribution in [0.25, 0.3) is 0 Å². The first-order chi connectivity index (χ1) is 10.7. The molecule has 0 spiro atoms. The predicted molar refractivity (Wildman–Crippen MR) is 80.8 cm³/mol. The van der Waals surface area contributed by atoms with E-state index in [4.69, 9.17) is 11.6 Å². The van der Waals surface area contributed by atoms with Crippen LogP contribution < -0.4 is 5.32 Å². The van der Waals surface area contributed by atoms with Gasteiger partial charge in [-0.25, -0.2) is 14.8 Å². The first kappa shape index (κ1) is 17.5. The number of hydrogen-bond donors (Lipinski definition) is 1. The van der Waals surface area contributed by atoms with Crippen molar-refractivity contribution in [2.75, 3.05) is 12.4 Å². The second-order valence-corrected chi connectivity index (χ2v) is 5.42. The summed E-state index contributed by atoms with van der Waals surface area (Å²) in [5.41, 5.74) is -0.518. The third-order valence-corrected chi connectivity index (χ3v) is 3.66. The van der Waals surface area contributed by atoms with Crippen molar-refractivity contribution in [2.24, 2.45) is 0 Å². The summed E-state index contributed by atoms with van der Waals surface area (Å²) >= 11 is 8.71. The fraction of sp³-hybridized carbons (Fsp3) is 0.154. The molecular weight excluding hydrogens is 403 g/mol. The molecule has 2 rings (SSSR count). The van der Waals surface area contributed by atoms with E-state index in [0.29, 0.717) is 16.4 Å². The summed E-state index contributed by atoms with van der Waals surface area (Å²) in [6.45, 7) is 0. The largest absolute Gasteiger partial charge is 0.465 e. The van der Waals surface area contributed by atoms with Crippen LogP contribution in [-0.2, 0) is 10.9 Å². The number of ether oxygens (including phenoxy) is 1. The Morgan fingerprint density at radius 2 is 2.09 bits per heavy atom. The number of benzene rings is 1. The lowest BCUT2D eigenvalue weighted by Gasteiger charge is -2.11. The molecule has 5 nitrogen and oxygen atoms in total. The highest BCUT2D eigenvalue weighted by molar-refractivity contribution is 9.10. The average molecular weight is 411 g/mol. The van der Waals surface area contributed by atoms with Gasteiger partial charge in [0.1, 0.15) is 10.7 Å². The van der Waals surface area contributed by atoms with E-state index in [0.717, 1.165) is 0 Å². The van der Waals surface area contributed by atoms with Crippen LogP contribution in [0.15, 0.2) is 28.9 Å². The maximum atomic E-state index is 12.6. The number of rotatable bonds is 3. The van der Waals surface area contributed by atoms with Crippen LogP contribution in [0, 0.1) is 0 Å². The molecule has 0 amide bonds. The van der Waals surface area contributed by atoms with Crippen LogP contribution in [0.4, 0.5) is 24.8 Å². The van der Waals surface area contributed by atoms with Gasteiger partial charge in [-0.15, -0.1) is 0 Å². The van der Waals surface area contributed by atoms with Crippen molar-refractivity contribution in [3.05, 3.63) is 45.1 Å². The number of carbonyl (C=O) groups excluding carboxylic acids is 1. The highest BCUT2D eigenvalue weighted by Crippen LogP contribution is 2.33. The topological polar surface area (TPSA) is 64.1 Å². The van der Waals surface area contributed by atoms with Gasteiger partial charge in [-0.1, -0.05) is 11.6 Å². The lowest BCUT2D eigenvalue weighted by molar-refractivity contribution is -0.137. The van der Waals surface area contributed by atoms with Crippen molar-refractivity contribution >= 4 is 45.1 Å². The number of methoxy groups -OCH3 is 1. The molecule has 0 aliphatic carbocycles. The molecule has 1 aromatic heterocycles. The van der Waals surface area contributed by atoms with E-state index < -0.39 is 22.9 Å². The molecule has 0 radical (unpaired) electrons. The molecule has 0 unspecified atom stereocenters. The monoisotopic (exact) mass is 409 g/mol. The highest BCUT2D eigenvalue weighted by atomic mass is 79.9. The summed E-state index contributed by atoms with van der Waals surface area (Å²) in [7, 11) is 1.23. The van der Waals surface area contributed by atoms with E-state index in [1.165, 1.54) is 13.2 Å². The number of carbonyl (C=O) groups is 1. The van der Waals surface area contributed by atoms with E-state index >= 15 is 0 Å². The Hall–Kier alpha value is -1.87. The molecule has 0 saturated carbocycles. The zero-order chi connectivity index (χ0) is 17.2. The number of alkyl halides is 3. The fourth-order valence-electron chi connectivity index (χ4n) is 1.61. The van der Waals surface area contributed by atoms with Crippen molar-refractivity contribution < 1.29 is 22.7 Å². The first-order valence-electron chi connectivity index (χ1n) is 5.97. The van der Waals surface area contributed by atoms with Gasteiger partial charge in [-0.2, -0.15) is 13.2 Å². The van der Waals surface area contributed by atoms with Crippen LogP contribution in [0.3, 0.4) is 0 Å². The lowest BCUT2D eigenvalue weighted by atomic mass is 10.2. The Morgan fingerprint density at radius 3 is 2.65 bits per heavy atom. The van der Waals surface area contributed by atoms with Gasteiger partial charge in [-0.3, -0.25) is 0 Å². The Kier molecular flexibility index (Phi) is 5.10. The normalized spacial score (nSPS) is 11.2. The molecule has 1 aromatic carbocycles. The molecule has 10 heteroatoms. The molecule has 0 saturated heterocycles. The summed E-state index contributed by atoms with van der Waals surface area (Å²) in [6.07, 6.45) is -4.05. The molecule has 0 atom stereocenters. The quantitative estimate of drug-likeness (QED) is 0.599. The van der Waals surface area contributed by atoms with Gasteiger partial charge in [0.05, 0.1) is 12.7 Å². The number of hydrogen-bond acceptors (Lipinski definition) is 5. The van der Waals surface area contributed by atoms with Crippen LogP contribution in [0.1, 0.15) is 15.9 Å². The van der Waals surface area contributed by atoms with Gasteiger partial charge < -0.3 is 10.1 Å². The zero-order valence-corrected chi connectivity index (χ0v) is 13.8. The summed E-state index contributed by atoms with van der Waals surface area (Å²) in [6, 6.07) is 4.58. The van der Waals surface area contributed by atoms with Crippen molar-refractivity contribution in [1.82, 2.24) is 9.97 Å². The van der Waals surface area contributed by atoms with Crippen LogP contribution >= 0.6 is 27.5 Å². The van der Waals surface area contributed by atoms with E-state index in [1.807, 2.05) is 0 Å². The van der Waals surface area contributed by atoms with Gasteiger partial charge >= 0.3 is 12.1 Å². The number of esters is 1. The molecule has 0 aliphatic heterocycles. The van der Waals surface area contributed by atoms with E-state index in [9.17, 15) is 18.0 Å². The third-order valence-electron chi connectivity index (χ3n) is 2.68. The Bertz CT molecular complexity index is 756. The molecule has 0 fully saturated rings. The van der Waals surface area contributed by atoms with E-state index in [1.54, 1.807) is 12.1 Å². The number of nitrogens with zero attached hydrogens (tertiary/aromatic N) is 2. The van der Waals surface area contributed by atoms with Crippen LogP contribution in [-0.4, -0.2) is 23.0 Å². The average Bonchev–Trinajstić information content (AvgIpc) is 2.47. The molecule has 122 valence electrons. The highest BCUT2D eigenvalue weighted by Gasteiger charge is 2.34. The van der Waals surface area contributed by atoms with Gasteiger partial charge in [0, 0.05) is 16.4 Å². The number of halogens is 5. The maximum Gasteiger partial charge on any atom is 0.420 e. The van der Waals surface area contributed by atoms with Crippen molar-refractivity contribution in [3.63, 3.8) is 0 Å². The number of aromatic nitrogens is 2. The maximum absolute atomic E-state index is 12.6. The standard InChI is InChI=1S/C13H8BrClF3N3O2/c1-23-11(22)7-4-6(2-3-9(7)14)20-12-19-5-8(10(15)21-12)13(16,17)18/h2-5H,1H3,(H,19,20,21). The summed E-state index contributed by atoms with van der Waals surface area (Å²) in [4.78, 5) is 18.7. The fourth-order valence-corrected chi connectivity index (χ4v) is 2.25. The molecule has 2 aromatic rings. The van der Waals surface area contributed by atoms with Crippen LogP contribution in [0.5, 0.6) is 0 Å². The molecule has 1 N–H and O–H groups in total. The summed E-state index contributed by atoms with van der Waals surface area (Å²) in [5.74, 6) is -0.715. The zero-order valence-electron chi connectivity index (χ0n) is 11.4. The molecule has 0 bridgehead atoms. The van der Waals surface area contributed by atoms with Crippen molar-refractivity contribution in [1.29, 1.82) is 0 Å². The minimum Gasteiger partial charge on any atom is -0.465 e.